The van der Waals surface area contributed by atoms with Gasteiger partial charge in [-0.25, -0.2) is 4.98 Å². The molecule has 1 aliphatic heterocycles. The van der Waals surface area contributed by atoms with E-state index in [1.165, 1.54) is 7.05 Å². The first-order valence-electron chi connectivity index (χ1n) is 6.86. The molecule has 0 bridgehead atoms. The molecule has 2 heterocycles. The SMILES string of the molecule is CNc1nc(N2CCCC(N(C)C)C2)cc(C(F)(F)F)n1. The van der Waals surface area contributed by atoms with Crippen LogP contribution < -0.4 is 10.2 Å². The minimum atomic E-state index is -4.47. The lowest BCUT2D eigenvalue weighted by molar-refractivity contribution is -0.141. The van der Waals surface area contributed by atoms with Crippen molar-refractivity contribution in [3.05, 3.63) is 11.8 Å². The Morgan fingerprint density at radius 1 is 1.33 bits per heavy atom. The van der Waals surface area contributed by atoms with Gasteiger partial charge >= 0.3 is 6.18 Å². The van der Waals surface area contributed by atoms with Gasteiger partial charge in [-0.2, -0.15) is 18.2 Å². The molecule has 1 fully saturated rings. The molecular weight excluding hydrogens is 283 g/mol. The van der Waals surface area contributed by atoms with E-state index < -0.39 is 11.9 Å². The van der Waals surface area contributed by atoms with E-state index in [0.29, 0.717) is 24.9 Å². The monoisotopic (exact) mass is 303 g/mol. The van der Waals surface area contributed by atoms with E-state index in [2.05, 4.69) is 20.2 Å². The second kappa shape index (κ2) is 6.05. The first kappa shape index (κ1) is 15.8. The standard InChI is InChI=1S/C13H20F3N5/c1-17-12-18-10(13(14,15)16)7-11(19-12)21-6-4-5-9(8-21)20(2)3/h7,9H,4-6,8H2,1-3H3,(H,17,18,19). The van der Waals surface area contributed by atoms with Crippen molar-refractivity contribution in [3.63, 3.8) is 0 Å². The van der Waals surface area contributed by atoms with Crippen LogP contribution in [0.15, 0.2) is 6.07 Å². The first-order valence-corrected chi connectivity index (χ1v) is 6.86. The molecule has 21 heavy (non-hydrogen) atoms. The third kappa shape index (κ3) is 3.75. The Hall–Kier alpha value is -1.57. The van der Waals surface area contributed by atoms with Gasteiger partial charge in [-0.3, -0.25) is 0 Å². The van der Waals surface area contributed by atoms with Crippen molar-refractivity contribution < 1.29 is 13.2 Å². The third-order valence-corrected chi connectivity index (χ3v) is 3.68. The molecule has 1 aromatic heterocycles. The Bertz CT molecular complexity index is 489. The lowest BCUT2D eigenvalue weighted by Gasteiger charge is -2.37. The molecule has 1 N–H and O–H groups in total. The highest BCUT2D eigenvalue weighted by Gasteiger charge is 2.34. The van der Waals surface area contributed by atoms with Crippen LogP contribution in [0.3, 0.4) is 0 Å². The summed E-state index contributed by atoms with van der Waals surface area (Å²) in [5.74, 6) is 0.319. The molecular formula is C13H20F3N5. The molecule has 1 unspecified atom stereocenters. The minimum absolute atomic E-state index is 0.00759. The predicted octanol–water partition coefficient (Wildman–Crippen LogP) is 2.07. The van der Waals surface area contributed by atoms with Crippen molar-refractivity contribution in [2.45, 2.75) is 25.1 Å². The quantitative estimate of drug-likeness (QED) is 0.926. The van der Waals surface area contributed by atoms with Crippen LogP contribution in [-0.2, 0) is 6.18 Å². The minimum Gasteiger partial charge on any atom is -0.357 e. The van der Waals surface area contributed by atoms with Crippen LogP contribution in [0, 0.1) is 0 Å². The summed E-state index contributed by atoms with van der Waals surface area (Å²) in [7, 11) is 5.47. The molecule has 1 aromatic rings. The fraction of sp³-hybridized carbons (Fsp3) is 0.692. The summed E-state index contributed by atoms with van der Waals surface area (Å²) < 4.78 is 38.7. The molecule has 0 spiro atoms. The fourth-order valence-corrected chi connectivity index (χ4v) is 2.44. The number of alkyl halides is 3. The van der Waals surface area contributed by atoms with Gasteiger partial charge in [0, 0.05) is 32.2 Å². The molecule has 0 amide bonds. The number of likely N-dealkylation sites (N-methyl/N-ethyl adjacent to an activating group) is 1. The summed E-state index contributed by atoms with van der Waals surface area (Å²) >= 11 is 0. The zero-order valence-corrected chi connectivity index (χ0v) is 12.4. The second-order valence-electron chi connectivity index (χ2n) is 5.39. The zero-order valence-electron chi connectivity index (χ0n) is 12.4. The molecule has 1 aliphatic rings. The molecule has 1 atom stereocenters. The Labute approximate surface area is 122 Å². The van der Waals surface area contributed by atoms with Crippen molar-refractivity contribution in [2.75, 3.05) is 44.4 Å². The summed E-state index contributed by atoms with van der Waals surface area (Å²) in [6, 6.07) is 1.35. The van der Waals surface area contributed by atoms with Crippen LogP contribution >= 0.6 is 0 Å². The largest absolute Gasteiger partial charge is 0.433 e. The summed E-state index contributed by atoms with van der Waals surface area (Å²) in [6.45, 7) is 1.38. The van der Waals surface area contributed by atoms with E-state index in [0.717, 1.165) is 18.9 Å². The second-order valence-corrected chi connectivity index (χ2v) is 5.39. The van der Waals surface area contributed by atoms with Gasteiger partial charge in [-0.1, -0.05) is 0 Å². The van der Waals surface area contributed by atoms with Gasteiger partial charge in [0.2, 0.25) is 5.95 Å². The maximum Gasteiger partial charge on any atom is 0.433 e. The summed E-state index contributed by atoms with van der Waals surface area (Å²) in [5, 5.41) is 2.59. The third-order valence-electron chi connectivity index (χ3n) is 3.68. The predicted molar refractivity (Wildman–Crippen MR) is 75.5 cm³/mol. The van der Waals surface area contributed by atoms with Crippen LogP contribution in [0.5, 0.6) is 0 Å². The van der Waals surface area contributed by atoms with E-state index >= 15 is 0 Å². The number of nitrogens with zero attached hydrogens (tertiary/aromatic N) is 4. The van der Waals surface area contributed by atoms with E-state index in [1.807, 2.05) is 19.0 Å². The Kier molecular flexibility index (Phi) is 4.55. The zero-order chi connectivity index (χ0) is 15.6. The maximum atomic E-state index is 12.9. The highest BCUT2D eigenvalue weighted by atomic mass is 19.4. The number of anilines is 2. The molecule has 0 aromatic carbocycles. The van der Waals surface area contributed by atoms with E-state index in [9.17, 15) is 13.2 Å². The summed E-state index contributed by atoms with van der Waals surface area (Å²) in [5.41, 5.74) is -0.913. The Morgan fingerprint density at radius 2 is 2.05 bits per heavy atom. The van der Waals surface area contributed by atoms with E-state index in [-0.39, 0.29) is 5.95 Å². The van der Waals surface area contributed by atoms with Crippen molar-refractivity contribution in [1.29, 1.82) is 0 Å². The molecule has 2 rings (SSSR count). The first-order chi connectivity index (χ1) is 9.81. The number of hydrogen-bond acceptors (Lipinski definition) is 5. The van der Waals surface area contributed by atoms with Gasteiger partial charge in [0.05, 0.1) is 0 Å². The number of rotatable bonds is 3. The normalized spacial score (nSPS) is 20.0. The van der Waals surface area contributed by atoms with Crippen LogP contribution in [-0.4, -0.2) is 55.1 Å². The van der Waals surface area contributed by atoms with E-state index in [1.54, 1.807) is 0 Å². The molecule has 0 saturated carbocycles. The highest BCUT2D eigenvalue weighted by Crippen LogP contribution is 2.31. The molecule has 0 radical (unpaired) electrons. The van der Waals surface area contributed by atoms with Gasteiger partial charge in [0.15, 0.2) is 5.69 Å². The molecule has 0 aliphatic carbocycles. The topological polar surface area (TPSA) is 44.3 Å². The summed E-state index contributed by atoms with van der Waals surface area (Å²) in [6.07, 6.45) is -2.50. The lowest BCUT2D eigenvalue weighted by Crippen LogP contribution is -2.45. The molecule has 8 heteroatoms. The average molecular weight is 303 g/mol. The van der Waals surface area contributed by atoms with Gasteiger partial charge < -0.3 is 15.1 Å². The van der Waals surface area contributed by atoms with Gasteiger partial charge in [0.1, 0.15) is 5.82 Å². The number of halogens is 3. The number of aromatic nitrogens is 2. The average Bonchev–Trinajstić information content (AvgIpc) is 2.46. The number of nitrogens with one attached hydrogen (secondary N) is 1. The van der Waals surface area contributed by atoms with Crippen molar-refractivity contribution >= 4 is 11.8 Å². The number of piperidine rings is 1. The number of hydrogen-bond donors (Lipinski definition) is 1. The smallest absolute Gasteiger partial charge is 0.357 e. The Morgan fingerprint density at radius 3 is 2.62 bits per heavy atom. The fourth-order valence-electron chi connectivity index (χ4n) is 2.44. The van der Waals surface area contributed by atoms with Crippen molar-refractivity contribution in [1.82, 2.24) is 14.9 Å². The van der Waals surface area contributed by atoms with Crippen molar-refractivity contribution in [2.24, 2.45) is 0 Å². The van der Waals surface area contributed by atoms with Crippen LogP contribution in [0.25, 0.3) is 0 Å². The van der Waals surface area contributed by atoms with Crippen LogP contribution in [0.1, 0.15) is 18.5 Å². The van der Waals surface area contributed by atoms with Crippen molar-refractivity contribution in [3.8, 4) is 0 Å². The highest BCUT2D eigenvalue weighted by molar-refractivity contribution is 5.46. The van der Waals surface area contributed by atoms with E-state index in [4.69, 9.17) is 0 Å². The molecule has 1 saturated heterocycles. The molecule has 118 valence electrons. The van der Waals surface area contributed by atoms with Gasteiger partial charge in [0.25, 0.3) is 0 Å². The van der Waals surface area contributed by atoms with Gasteiger partial charge in [-0.15, -0.1) is 0 Å². The van der Waals surface area contributed by atoms with Crippen LogP contribution in [0.2, 0.25) is 0 Å². The Balaban J connectivity index is 2.30. The lowest BCUT2D eigenvalue weighted by atomic mass is 10.0. The summed E-state index contributed by atoms with van der Waals surface area (Å²) in [4.78, 5) is 11.6. The maximum absolute atomic E-state index is 12.9. The van der Waals surface area contributed by atoms with Crippen LogP contribution in [0.4, 0.5) is 24.9 Å². The molecule has 5 nitrogen and oxygen atoms in total. The van der Waals surface area contributed by atoms with Gasteiger partial charge in [-0.05, 0) is 26.9 Å².